The first-order chi connectivity index (χ1) is 15.0. The number of aromatic nitrogens is 3. The number of nitrogens with zero attached hydrogens (tertiary/aromatic N) is 4. The summed E-state index contributed by atoms with van der Waals surface area (Å²) in [4.78, 5) is 27.5. The van der Waals surface area contributed by atoms with Crippen LogP contribution in [0.15, 0.2) is 27.6 Å². The highest BCUT2D eigenvalue weighted by molar-refractivity contribution is 5.82. The van der Waals surface area contributed by atoms with Crippen LogP contribution >= 0.6 is 0 Å². The molecular weight excluding hydrogens is 394 g/mol. The van der Waals surface area contributed by atoms with Crippen molar-refractivity contribution in [1.29, 1.82) is 0 Å². The number of likely N-dealkylation sites (tertiary alicyclic amines) is 1. The van der Waals surface area contributed by atoms with Gasteiger partial charge in [0.25, 0.3) is 5.56 Å². The zero-order valence-electron chi connectivity index (χ0n) is 18.8. The number of nitrogens with one attached hydrogen (secondary N) is 1. The van der Waals surface area contributed by atoms with E-state index in [1.165, 1.54) is 23.9 Å². The van der Waals surface area contributed by atoms with E-state index in [1.54, 1.807) is 12.3 Å². The maximum Gasteiger partial charge on any atom is 0.291 e. The zero-order chi connectivity index (χ0) is 22.0. The molecule has 168 valence electrons. The van der Waals surface area contributed by atoms with Crippen LogP contribution in [0.1, 0.15) is 58.2 Å². The van der Waals surface area contributed by atoms with E-state index in [-0.39, 0.29) is 11.5 Å². The molecule has 1 aliphatic heterocycles. The van der Waals surface area contributed by atoms with Crippen molar-refractivity contribution < 1.29 is 9.21 Å². The molecule has 4 rings (SSSR count). The Labute approximate surface area is 182 Å². The van der Waals surface area contributed by atoms with E-state index in [4.69, 9.17) is 4.42 Å². The summed E-state index contributed by atoms with van der Waals surface area (Å²) in [6, 6.07) is 4.85. The van der Waals surface area contributed by atoms with Gasteiger partial charge in [0, 0.05) is 50.3 Å². The molecule has 1 N–H and O–H groups in total. The Morgan fingerprint density at radius 2 is 1.97 bits per heavy atom. The second-order valence-electron chi connectivity index (χ2n) is 8.78. The molecule has 2 atom stereocenters. The van der Waals surface area contributed by atoms with Gasteiger partial charge in [-0.15, -0.1) is 0 Å². The zero-order valence-corrected chi connectivity index (χ0v) is 18.8. The van der Waals surface area contributed by atoms with Crippen molar-refractivity contribution in [2.24, 2.45) is 0 Å². The van der Waals surface area contributed by atoms with Crippen LogP contribution in [0.4, 0.5) is 0 Å². The normalized spacial score (nSPS) is 20.0. The summed E-state index contributed by atoms with van der Waals surface area (Å²) in [5.74, 6) is 0.752. The minimum absolute atomic E-state index is 0.0331. The lowest BCUT2D eigenvalue weighted by atomic mass is 9.97. The van der Waals surface area contributed by atoms with Crippen molar-refractivity contribution in [2.75, 3.05) is 13.1 Å². The molecule has 0 unspecified atom stereocenters. The van der Waals surface area contributed by atoms with Gasteiger partial charge in [-0.1, -0.05) is 6.42 Å². The molecule has 31 heavy (non-hydrogen) atoms. The molecule has 0 aliphatic carbocycles. The maximum atomic E-state index is 12.8. The number of hydrogen-bond acceptors (Lipinski definition) is 5. The summed E-state index contributed by atoms with van der Waals surface area (Å²) in [6.45, 7) is 8.61. The average Bonchev–Trinajstić information content (AvgIpc) is 3.32. The number of fused-ring (bicyclic) bond motifs is 3. The monoisotopic (exact) mass is 427 g/mol. The number of carbonyl (C=O) groups is 1. The first-order valence-corrected chi connectivity index (χ1v) is 11.4. The van der Waals surface area contributed by atoms with Crippen LogP contribution < -0.4 is 10.9 Å². The predicted molar refractivity (Wildman–Crippen MR) is 120 cm³/mol. The number of aryl methyl sites for hydroxylation is 2. The highest BCUT2D eigenvalue weighted by atomic mass is 16.3. The van der Waals surface area contributed by atoms with E-state index < -0.39 is 0 Å². The maximum absolute atomic E-state index is 12.8. The molecule has 0 spiro atoms. The minimum atomic E-state index is -0.165. The number of furan rings is 1. The van der Waals surface area contributed by atoms with Crippen LogP contribution in [0.25, 0.3) is 16.6 Å². The fourth-order valence-corrected chi connectivity index (χ4v) is 4.86. The van der Waals surface area contributed by atoms with Gasteiger partial charge in [-0.25, -0.2) is 4.68 Å². The van der Waals surface area contributed by atoms with Crippen molar-refractivity contribution in [2.45, 2.75) is 77.9 Å². The molecule has 1 saturated heterocycles. The highest BCUT2D eigenvalue weighted by Gasteiger charge is 2.23. The lowest BCUT2D eigenvalue weighted by Crippen LogP contribution is -2.44. The SMILES string of the molecule is Cc1nn(CCCC(=O)NCCCN2[C@H](C)CCC[C@H]2C)c(=O)c2cc3occc3n12. The molecule has 8 nitrogen and oxygen atoms in total. The average molecular weight is 428 g/mol. The Hall–Kier alpha value is -2.61. The third kappa shape index (κ3) is 4.54. The number of piperidine rings is 1. The van der Waals surface area contributed by atoms with Crippen LogP contribution in [0.5, 0.6) is 0 Å². The predicted octanol–water partition coefficient (Wildman–Crippen LogP) is 3.10. The molecule has 3 aromatic heterocycles. The largest absolute Gasteiger partial charge is 0.463 e. The number of rotatable bonds is 8. The fourth-order valence-electron chi connectivity index (χ4n) is 4.86. The summed E-state index contributed by atoms with van der Waals surface area (Å²) >= 11 is 0. The van der Waals surface area contributed by atoms with Crippen LogP contribution in [-0.2, 0) is 11.3 Å². The molecular formula is C23H33N5O3. The fraction of sp³-hybridized carbons (Fsp3) is 0.609. The van der Waals surface area contributed by atoms with Crippen LogP contribution in [0.2, 0.25) is 0 Å². The van der Waals surface area contributed by atoms with Gasteiger partial charge in [0.05, 0.1) is 11.8 Å². The van der Waals surface area contributed by atoms with Crippen molar-refractivity contribution in [3.05, 3.63) is 34.6 Å². The first-order valence-electron chi connectivity index (χ1n) is 11.4. The van der Waals surface area contributed by atoms with Crippen LogP contribution in [0.3, 0.4) is 0 Å². The topological polar surface area (TPSA) is 84.8 Å². The third-order valence-corrected chi connectivity index (χ3v) is 6.53. The van der Waals surface area contributed by atoms with E-state index in [9.17, 15) is 9.59 Å². The Balaban J connectivity index is 1.24. The lowest BCUT2D eigenvalue weighted by Gasteiger charge is -2.39. The minimum Gasteiger partial charge on any atom is -0.463 e. The standard InChI is InChI=1S/C23H33N5O3/c1-16-7-4-8-17(2)26(16)12-6-11-24-22(29)9-5-13-27-23(30)20-15-21-19(10-14-31-21)28(20)18(3)25-27/h10,14-17H,4-9,11-13H2,1-3H3,(H,24,29)/t16-,17-/m1/s1. The van der Waals surface area contributed by atoms with Gasteiger partial charge >= 0.3 is 0 Å². The van der Waals surface area contributed by atoms with Crippen molar-refractivity contribution in [3.63, 3.8) is 0 Å². The van der Waals surface area contributed by atoms with Crippen molar-refractivity contribution in [3.8, 4) is 0 Å². The van der Waals surface area contributed by atoms with Crippen molar-refractivity contribution in [1.82, 2.24) is 24.4 Å². The van der Waals surface area contributed by atoms with Gasteiger partial charge in [0.15, 0.2) is 5.58 Å². The van der Waals surface area contributed by atoms with Gasteiger partial charge in [-0.05, 0) is 46.5 Å². The quantitative estimate of drug-likeness (QED) is 0.559. The highest BCUT2D eigenvalue weighted by Crippen LogP contribution is 2.22. The van der Waals surface area contributed by atoms with Gasteiger partial charge < -0.3 is 9.73 Å². The van der Waals surface area contributed by atoms with E-state index in [2.05, 4.69) is 29.2 Å². The number of hydrogen-bond donors (Lipinski definition) is 1. The molecule has 1 fully saturated rings. The Bertz CT molecular complexity index is 1100. The molecule has 8 heteroatoms. The number of amides is 1. The Kier molecular flexibility index (Phi) is 6.46. The second-order valence-corrected chi connectivity index (χ2v) is 8.78. The molecule has 1 amide bonds. The summed E-state index contributed by atoms with van der Waals surface area (Å²) in [5.41, 5.74) is 1.90. The summed E-state index contributed by atoms with van der Waals surface area (Å²) < 4.78 is 8.68. The van der Waals surface area contributed by atoms with E-state index in [0.717, 1.165) is 24.3 Å². The van der Waals surface area contributed by atoms with E-state index >= 15 is 0 Å². The van der Waals surface area contributed by atoms with Gasteiger partial charge in [-0.3, -0.25) is 18.9 Å². The van der Waals surface area contributed by atoms with Crippen LogP contribution in [0, 0.1) is 6.92 Å². The smallest absolute Gasteiger partial charge is 0.291 e. The first kappa shape index (κ1) is 21.6. The number of carbonyl (C=O) groups excluding carboxylic acids is 1. The molecule has 0 aromatic carbocycles. The molecule has 0 radical (unpaired) electrons. The van der Waals surface area contributed by atoms with E-state index in [0.29, 0.717) is 49.1 Å². The summed E-state index contributed by atoms with van der Waals surface area (Å²) in [6.07, 6.45) is 7.39. The molecule has 1 aliphatic rings. The van der Waals surface area contributed by atoms with Crippen molar-refractivity contribution >= 4 is 22.5 Å². The molecule has 3 aromatic rings. The Morgan fingerprint density at radius 3 is 2.74 bits per heavy atom. The second kappa shape index (κ2) is 9.26. The molecule has 0 bridgehead atoms. The third-order valence-electron chi connectivity index (χ3n) is 6.53. The van der Waals surface area contributed by atoms with Gasteiger partial charge in [0.1, 0.15) is 11.3 Å². The molecule has 0 saturated carbocycles. The molecule has 4 heterocycles. The van der Waals surface area contributed by atoms with E-state index in [1.807, 2.05) is 17.4 Å². The Morgan fingerprint density at radius 1 is 1.19 bits per heavy atom. The van der Waals surface area contributed by atoms with Crippen LogP contribution in [-0.4, -0.2) is 50.2 Å². The lowest BCUT2D eigenvalue weighted by molar-refractivity contribution is -0.121. The van der Waals surface area contributed by atoms with Gasteiger partial charge in [0.2, 0.25) is 5.91 Å². The summed E-state index contributed by atoms with van der Waals surface area (Å²) in [5, 5.41) is 7.45. The van der Waals surface area contributed by atoms with Gasteiger partial charge in [-0.2, -0.15) is 5.10 Å². The summed E-state index contributed by atoms with van der Waals surface area (Å²) in [7, 11) is 0.